The molecule has 0 radical (unpaired) electrons. The molecule has 0 saturated carbocycles. The first-order chi connectivity index (χ1) is 27.0. The van der Waals surface area contributed by atoms with Gasteiger partial charge in [0.15, 0.2) is 0 Å². The summed E-state index contributed by atoms with van der Waals surface area (Å²) in [5, 5.41) is 7.58. The Morgan fingerprint density at radius 2 is 1.13 bits per heavy atom. The minimum Gasteiger partial charge on any atom is -0.443 e. The maximum absolute atomic E-state index is 15.1. The van der Waals surface area contributed by atoms with E-state index in [-0.39, 0.29) is 25.5 Å². The third-order valence-corrected chi connectivity index (χ3v) is 9.68. The van der Waals surface area contributed by atoms with Gasteiger partial charge in [-0.15, -0.1) is 5.10 Å². The Morgan fingerprint density at radius 3 is 1.67 bits per heavy atom. The number of hydrogen-bond acceptors (Lipinski definition) is 7. The molecule has 0 amide bonds. The number of benzene rings is 5. The molecule has 1 aliphatic rings. The molecule has 1 N–H and O–H groups in total. The maximum Gasteiger partial charge on any atom is 0.238 e. The molecule has 9 heteroatoms. The first kappa shape index (κ1) is 38.1. The van der Waals surface area contributed by atoms with Gasteiger partial charge in [-0.25, -0.2) is 4.39 Å². The topological polar surface area (TPSA) is 84.1 Å². The Kier molecular flexibility index (Phi) is 13.1. The van der Waals surface area contributed by atoms with Crippen molar-refractivity contribution in [2.75, 3.05) is 6.61 Å². The molecule has 1 aliphatic heterocycles. The second-order valence-corrected chi connectivity index (χ2v) is 13.8. The molecule has 1 aromatic heterocycles. The van der Waals surface area contributed by atoms with Crippen LogP contribution in [-0.2, 0) is 56.5 Å². The Balaban J connectivity index is 1.23. The molecule has 55 heavy (non-hydrogen) atoms. The lowest BCUT2D eigenvalue weighted by Crippen LogP contribution is -2.62. The van der Waals surface area contributed by atoms with Crippen LogP contribution in [0.3, 0.4) is 0 Å². The van der Waals surface area contributed by atoms with E-state index >= 15 is 4.39 Å². The lowest BCUT2D eigenvalue weighted by Gasteiger charge is -2.45. The molecule has 1 saturated heterocycles. The summed E-state index contributed by atoms with van der Waals surface area (Å²) in [5.41, 5.74) is 6.88. The number of hydrogen-bond donors (Lipinski definition) is 1. The molecule has 5 aromatic carbocycles. The van der Waals surface area contributed by atoms with E-state index in [4.69, 9.17) is 28.4 Å². The van der Waals surface area contributed by atoms with Gasteiger partial charge in [0, 0.05) is 17.7 Å². The summed E-state index contributed by atoms with van der Waals surface area (Å²) in [5.74, 6) is 0.0122. The number of nitrogens with one attached hydrogen (secondary N) is 1. The highest BCUT2D eigenvalue weighted by Crippen LogP contribution is 2.34. The van der Waals surface area contributed by atoms with E-state index in [1.807, 2.05) is 141 Å². The van der Waals surface area contributed by atoms with E-state index in [0.717, 1.165) is 33.5 Å². The zero-order valence-corrected chi connectivity index (χ0v) is 31.2. The van der Waals surface area contributed by atoms with Crippen molar-refractivity contribution in [1.29, 1.82) is 0 Å². The van der Waals surface area contributed by atoms with Gasteiger partial charge in [-0.3, -0.25) is 5.10 Å². The normalized spacial score (nSPS) is 19.7. The van der Waals surface area contributed by atoms with Crippen molar-refractivity contribution in [2.24, 2.45) is 0 Å². The fourth-order valence-corrected chi connectivity index (χ4v) is 6.67. The number of H-pyrrole nitrogens is 1. The van der Waals surface area contributed by atoms with Crippen molar-refractivity contribution >= 4 is 0 Å². The fourth-order valence-electron chi connectivity index (χ4n) is 6.67. The van der Waals surface area contributed by atoms with Crippen LogP contribution < -0.4 is 4.74 Å². The van der Waals surface area contributed by atoms with Crippen LogP contribution in [0.1, 0.15) is 44.6 Å². The number of ether oxygens (including phenoxy) is 6. The average Bonchev–Trinajstić information content (AvgIpc) is 3.56. The molecule has 7 rings (SSSR count). The van der Waals surface area contributed by atoms with Gasteiger partial charge in [0.25, 0.3) is 0 Å². The molecular weight excluding hydrogens is 696 g/mol. The van der Waals surface area contributed by atoms with Crippen molar-refractivity contribution in [3.05, 3.63) is 190 Å². The molecular formula is C46H47FN2O6. The lowest BCUT2D eigenvalue weighted by molar-refractivity contribution is -0.310. The lowest BCUT2D eigenvalue weighted by atomic mass is 9.97. The van der Waals surface area contributed by atoms with Gasteiger partial charge in [0.1, 0.15) is 30.2 Å². The standard InChI is InChI=1S/C46H47FN2O6/c1-32-23-24-38(40(47)25-32)26-39-33(2)48-49-45(39)55-46-44(53-30-37-21-13-6-14-22-37)43(52-29-36-19-11-5-12-20-36)42(51-28-35-17-9-4-10-18-35)41(54-46)31-50-27-34-15-7-3-8-16-34/h3-25,41-44,46H,26-31H2,1-2H3,(H,48,49)/t41-,42-,43+,44-,46+/m1/s1. The van der Waals surface area contributed by atoms with Crippen LogP contribution in [-0.4, -0.2) is 47.5 Å². The Bertz CT molecular complexity index is 2050. The van der Waals surface area contributed by atoms with Crippen molar-refractivity contribution in [2.45, 2.75) is 77.4 Å². The van der Waals surface area contributed by atoms with E-state index in [0.29, 0.717) is 36.8 Å². The van der Waals surface area contributed by atoms with Crippen molar-refractivity contribution in [1.82, 2.24) is 10.2 Å². The van der Waals surface area contributed by atoms with Gasteiger partial charge < -0.3 is 28.4 Å². The minimum absolute atomic E-state index is 0.186. The smallest absolute Gasteiger partial charge is 0.238 e. The summed E-state index contributed by atoms with van der Waals surface area (Å²) >= 11 is 0. The summed E-state index contributed by atoms with van der Waals surface area (Å²) in [6.07, 6.45) is -3.44. The number of aryl methyl sites for hydroxylation is 2. The van der Waals surface area contributed by atoms with Crippen LogP contribution in [0.15, 0.2) is 140 Å². The number of rotatable bonds is 17. The Labute approximate surface area is 322 Å². The van der Waals surface area contributed by atoms with Crippen molar-refractivity contribution in [3.63, 3.8) is 0 Å². The second kappa shape index (κ2) is 18.9. The van der Waals surface area contributed by atoms with Gasteiger partial charge in [-0.05, 0) is 53.3 Å². The molecule has 0 bridgehead atoms. The molecule has 1 fully saturated rings. The van der Waals surface area contributed by atoms with Crippen LogP contribution in [0.4, 0.5) is 4.39 Å². The molecule has 5 atom stereocenters. The zero-order chi connectivity index (χ0) is 37.8. The van der Waals surface area contributed by atoms with Crippen LogP contribution >= 0.6 is 0 Å². The highest BCUT2D eigenvalue weighted by molar-refractivity contribution is 5.37. The number of halogens is 1. The van der Waals surface area contributed by atoms with Gasteiger partial charge in [-0.1, -0.05) is 133 Å². The zero-order valence-electron chi connectivity index (χ0n) is 31.2. The summed E-state index contributed by atoms with van der Waals surface area (Å²) in [6, 6.07) is 45.2. The van der Waals surface area contributed by atoms with Crippen LogP contribution in [0.2, 0.25) is 0 Å². The van der Waals surface area contributed by atoms with Crippen LogP contribution in [0.5, 0.6) is 5.88 Å². The SMILES string of the molecule is Cc1ccc(Cc2c(O[C@@H]3O[C@H](COCc4ccccc4)[C@@H](OCc4ccccc4)[C@H](OCc4ccccc4)[C@H]3OCc3ccccc3)n[nH]c2C)c(F)c1. The molecule has 6 aromatic rings. The average molecular weight is 743 g/mol. The summed E-state index contributed by atoms with van der Waals surface area (Å²) in [4.78, 5) is 0. The van der Waals surface area contributed by atoms with Gasteiger partial charge >= 0.3 is 0 Å². The third kappa shape index (κ3) is 10.3. The van der Waals surface area contributed by atoms with Gasteiger partial charge in [0.05, 0.1) is 33.0 Å². The van der Waals surface area contributed by atoms with E-state index in [2.05, 4.69) is 10.2 Å². The van der Waals surface area contributed by atoms with E-state index < -0.39 is 30.7 Å². The molecule has 8 nitrogen and oxygen atoms in total. The van der Waals surface area contributed by atoms with Crippen LogP contribution in [0.25, 0.3) is 0 Å². The highest BCUT2D eigenvalue weighted by atomic mass is 19.1. The quantitative estimate of drug-likeness (QED) is 0.100. The molecule has 0 spiro atoms. The third-order valence-electron chi connectivity index (χ3n) is 9.68. The van der Waals surface area contributed by atoms with E-state index in [9.17, 15) is 0 Å². The summed E-state index contributed by atoms with van der Waals surface area (Å²) in [7, 11) is 0. The largest absolute Gasteiger partial charge is 0.443 e. The number of aromatic nitrogens is 2. The summed E-state index contributed by atoms with van der Waals surface area (Å²) < 4.78 is 55.4. The number of aromatic amines is 1. The van der Waals surface area contributed by atoms with Crippen LogP contribution in [0, 0.1) is 19.7 Å². The minimum atomic E-state index is -1.00. The Hall–Kier alpha value is -5.16. The number of nitrogens with zero attached hydrogens (tertiary/aromatic N) is 1. The predicted octanol–water partition coefficient (Wildman–Crippen LogP) is 8.83. The molecule has 284 valence electrons. The molecule has 0 aliphatic carbocycles. The highest BCUT2D eigenvalue weighted by Gasteiger charge is 2.50. The van der Waals surface area contributed by atoms with E-state index in [1.54, 1.807) is 6.07 Å². The molecule has 2 heterocycles. The first-order valence-electron chi connectivity index (χ1n) is 18.7. The first-order valence-corrected chi connectivity index (χ1v) is 18.7. The van der Waals surface area contributed by atoms with E-state index in [1.165, 1.54) is 6.07 Å². The molecule has 0 unspecified atom stereocenters. The maximum atomic E-state index is 15.1. The second-order valence-electron chi connectivity index (χ2n) is 13.8. The monoisotopic (exact) mass is 742 g/mol. The summed E-state index contributed by atoms with van der Waals surface area (Å²) in [6.45, 7) is 5.21. The van der Waals surface area contributed by atoms with Crippen molar-refractivity contribution in [3.8, 4) is 5.88 Å². The van der Waals surface area contributed by atoms with Gasteiger partial charge in [0.2, 0.25) is 12.2 Å². The van der Waals surface area contributed by atoms with Crippen molar-refractivity contribution < 1.29 is 32.8 Å². The fraction of sp³-hybridized carbons (Fsp3) is 0.283. The van der Waals surface area contributed by atoms with Gasteiger partial charge in [-0.2, -0.15) is 0 Å². The Morgan fingerprint density at radius 1 is 0.618 bits per heavy atom. The predicted molar refractivity (Wildman–Crippen MR) is 208 cm³/mol.